The molecule has 0 aliphatic rings. The van der Waals surface area contributed by atoms with Crippen molar-refractivity contribution in [2.24, 2.45) is 0 Å². The molecule has 0 saturated carbocycles. The standard InChI is InChI=1S/C15H16ClN3O2/c1-17-14-9-11(8-13(16)19-14)15(21)18-7-6-10-2-4-12(20)5-3-10/h2-5,8-9,20H,6-7H2,1H3,(H,17,19)(H,18,21). The summed E-state index contributed by atoms with van der Waals surface area (Å²) in [5.41, 5.74) is 1.50. The van der Waals surface area contributed by atoms with Crippen molar-refractivity contribution < 1.29 is 9.90 Å². The van der Waals surface area contributed by atoms with Crippen LogP contribution in [0.5, 0.6) is 5.75 Å². The first-order valence-electron chi connectivity index (χ1n) is 6.50. The lowest BCUT2D eigenvalue weighted by Gasteiger charge is -2.07. The third kappa shape index (κ3) is 4.36. The van der Waals surface area contributed by atoms with Gasteiger partial charge >= 0.3 is 0 Å². The fourth-order valence-corrected chi connectivity index (χ4v) is 2.05. The first kappa shape index (κ1) is 15.1. The molecule has 0 atom stereocenters. The van der Waals surface area contributed by atoms with Gasteiger partial charge in [-0.15, -0.1) is 0 Å². The molecule has 2 rings (SSSR count). The topological polar surface area (TPSA) is 74.2 Å². The predicted molar refractivity (Wildman–Crippen MR) is 82.9 cm³/mol. The highest BCUT2D eigenvalue weighted by Crippen LogP contribution is 2.14. The van der Waals surface area contributed by atoms with E-state index in [1.807, 2.05) is 12.1 Å². The molecular weight excluding hydrogens is 290 g/mol. The Kier molecular flexibility index (Phi) is 5.00. The lowest BCUT2D eigenvalue weighted by molar-refractivity contribution is 0.0954. The molecule has 0 spiro atoms. The number of aromatic nitrogens is 1. The normalized spacial score (nSPS) is 10.2. The molecule has 21 heavy (non-hydrogen) atoms. The molecule has 1 aromatic heterocycles. The van der Waals surface area contributed by atoms with Crippen LogP contribution >= 0.6 is 11.6 Å². The lowest BCUT2D eigenvalue weighted by atomic mass is 10.1. The molecule has 3 N–H and O–H groups in total. The van der Waals surface area contributed by atoms with E-state index >= 15 is 0 Å². The van der Waals surface area contributed by atoms with E-state index in [2.05, 4.69) is 15.6 Å². The minimum Gasteiger partial charge on any atom is -0.508 e. The predicted octanol–water partition coefficient (Wildman–Crippen LogP) is 2.45. The van der Waals surface area contributed by atoms with Crippen molar-refractivity contribution in [3.8, 4) is 5.75 Å². The van der Waals surface area contributed by atoms with E-state index in [9.17, 15) is 9.90 Å². The van der Waals surface area contributed by atoms with Gasteiger partial charge in [0.25, 0.3) is 5.91 Å². The zero-order valence-electron chi connectivity index (χ0n) is 11.6. The molecule has 1 aromatic carbocycles. The maximum atomic E-state index is 12.0. The van der Waals surface area contributed by atoms with Crippen molar-refractivity contribution in [1.82, 2.24) is 10.3 Å². The average molecular weight is 306 g/mol. The number of rotatable bonds is 5. The van der Waals surface area contributed by atoms with Gasteiger partial charge in [-0.2, -0.15) is 0 Å². The molecule has 0 unspecified atom stereocenters. The SMILES string of the molecule is CNc1cc(C(=O)NCCc2ccc(O)cc2)cc(Cl)n1. The maximum absolute atomic E-state index is 12.0. The van der Waals surface area contributed by atoms with E-state index in [-0.39, 0.29) is 16.8 Å². The van der Waals surface area contributed by atoms with Gasteiger partial charge in [0.2, 0.25) is 0 Å². The Morgan fingerprint density at radius 1 is 1.29 bits per heavy atom. The Hall–Kier alpha value is -2.27. The fourth-order valence-electron chi connectivity index (χ4n) is 1.84. The summed E-state index contributed by atoms with van der Waals surface area (Å²) in [6, 6.07) is 10.1. The number of benzene rings is 1. The summed E-state index contributed by atoms with van der Waals surface area (Å²) in [7, 11) is 1.71. The first-order valence-corrected chi connectivity index (χ1v) is 6.88. The number of hydrogen-bond acceptors (Lipinski definition) is 4. The van der Waals surface area contributed by atoms with Crippen molar-refractivity contribution in [2.45, 2.75) is 6.42 Å². The minimum atomic E-state index is -0.199. The summed E-state index contributed by atoms with van der Waals surface area (Å²) in [5.74, 6) is 0.578. The Morgan fingerprint density at radius 3 is 2.67 bits per heavy atom. The lowest BCUT2D eigenvalue weighted by Crippen LogP contribution is -2.25. The average Bonchev–Trinajstić information content (AvgIpc) is 2.48. The number of nitrogens with zero attached hydrogens (tertiary/aromatic N) is 1. The van der Waals surface area contributed by atoms with Gasteiger partial charge in [-0.05, 0) is 36.2 Å². The summed E-state index contributed by atoms with van der Waals surface area (Å²) < 4.78 is 0. The Balaban J connectivity index is 1.92. The van der Waals surface area contributed by atoms with Crippen LogP contribution in [0.4, 0.5) is 5.82 Å². The molecule has 0 bridgehead atoms. The van der Waals surface area contributed by atoms with Crippen LogP contribution in [0.25, 0.3) is 0 Å². The number of phenols is 1. The molecule has 1 heterocycles. The summed E-state index contributed by atoms with van der Waals surface area (Å²) in [5, 5.41) is 15.1. The number of phenolic OH excluding ortho intramolecular Hbond substituents is 1. The van der Waals surface area contributed by atoms with Crippen LogP contribution in [0.3, 0.4) is 0 Å². The molecule has 0 radical (unpaired) electrons. The highest BCUT2D eigenvalue weighted by molar-refractivity contribution is 6.29. The Labute approximate surface area is 128 Å². The van der Waals surface area contributed by atoms with E-state index in [1.54, 1.807) is 25.2 Å². The number of nitrogens with one attached hydrogen (secondary N) is 2. The second-order valence-electron chi connectivity index (χ2n) is 4.49. The zero-order chi connectivity index (χ0) is 15.2. The van der Waals surface area contributed by atoms with E-state index in [0.29, 0.717) is 24.3 Å². The van der Waals surface area contributed by atoms with Crippen molar-refractivity contribution in [2.75, 3.05) is 18.9 Å². The number of aromatic hydroxyl groups is 1. The Bertz CT molecular complexity index is 629. The van der Waals surface area contributed by atoms with Gasteiger partial charge in [-0.25, -0.2) is 4.98 Å². The van der Waals surface area contributed by atoms with Gasteiger partial charge in [0.05, 0.1) is 0 Å². The van der Waals surface area contributed by atoms with Crippen LogP contribution < -0.4 is 10.6 Å². The maximum Gasteiger partial charge on any atom is 0.251 e. The highest BCUT2D eigenvalue weighted by Gasteiger charge is 2.08. The first-order chi connectivity index (χ1) is 10.1. The second-order valence-corrected chi connectivity index (χ2v) is 4.87. The van der Waals surface area contributed by atoms with Gasteiger partial charge < -0.3 is 15.7 Å². The fraction of sp³-hybridized carbons (Fsp3) is 0.200. The molecule has 2 aromatic rings. The van der Waals surface area contributed by atoms with Gasteiger partial charge in [0, 0.05) is 19.2 Å². The number of carbonyl (C=O) groups is 1. The quantitative estimate of drug-likeness (QED) is 0.742. The summed E-state index contributed by atoms with van der Waals surface area (Å²) in [4.78, 5) is 16.1. The van der Waals surface area contributed by atoms with Crippen LogP contribution in [-0.2, 0) is 6.42 Å². The van der Waals surface area contributed by atoms with Crippen molar-refractivity contribution >= 4 is 23.3 Å². The molecule has 0 fully saturated rings. The zero-order valence-corrected chi connectivity index (χ0v) is 12.3. The third-order valence-corrected chi connectivity index (χ3v) is 3.14. The molecule has 5 nitrogen and oxygen atoms in total. The highest BCUT2D eigenvalue weighted by atomic mass is 35.5. The number of halogens is 1. The van der Waals surface area contributed by atoms with Gasteiger partial charge in [0.1, 0.15) is 16.7 Å². The molecule has 6 heteroatoms. The van der Waals surface area contributed by atoms with Crippen LogP contribution in [0.2, 0.25) is 5.15 Å². The number of pyridine rings is 1. The van der Waals surface area contributed by atoms with Gasteiger partial charge in [0.15, 0.2) is 0 Å². The second kappa shape index (κ2) is 6.95. The van der Waals surface area contributed by atoms with E-state index in [0.717, 1.165) is 5.56 Å². The summed E-state index contributed by atoms with van der Waals surface area (Å²) in [6.45, 7) is 0.498. The number of hydrogen-bond donors (Lipinski definition) is 3. The van der Waals surface area contributed by atoms with Crippen LogP contribution in [0, 0.1) is 0 Å². The van der Waals surface area contributed by atoms with Crippen molar-refractivity contribution in [3.63, 3.8) is 0 Å². The number of carbonyl (C=O) groups excluding carboxylic acids is 1. The van der Waals surface area contributed by atoms with E-state index in [4.69, 9.17) is 11.6 Å². The van der Waals surface area contributed by atoms with Crippen molar-refractivity contribution in [3.05, 3.63) is 52.7 Å². The van der Waals surface area contributed by atoms with Crippen molar-refractivity contribution in [1.29, 1.82) is 0 Å². The van der Waals surface area contributed by atoms with Gasteiger partial charge in [-0.3, -0.25) is 4.79 Å². The van der Waals surface area contributed by atoms with Gasteiger partial charge in [-0.1, -0.05) is 23.7 Å². The molecule has 110 valence electrons. The molecule has 1 amide bonds. The van der Waals surface area contributed by atoms with Crippen LogP contribution in [0.15, 0.2) is 36.4 Å². The molecular formula is C15H16ClN3O2. The molecule has 0 aliphatic heterocycles. The smallest absolute Gasteiger partial charge is 0.251 e. The third-order valence-electron chi connectivity index (χ3n) is 2.95. The summed E-state index contributed by atoms with van der Waals surface area (Å²) >= 11 is 5.86. The molecule has 0 saturated heterocycles. The van der Waals surface area contributed by atoms with E-state index < -0.39 is 0 Å². The number of amides is 1. The number of anilines is 1. The monoisotopic (exact) mass is 305 g/mol. The Morgan fingerprint density at radius 2 is 2.00 bits per heavy atom. The molecule has 0 aliphatic carbocycles. The van der Waals surface area contributed by atoms with Crippen LogP contribution in [0.1, 0.15) is 15.9 Å². The summed E-state index contributed by atoms with van der Waals surface area (Å²) in [6.07, 6.45) is 0.684. The van der Waals surface area contributed by atoms with E-state index in [1.165, 1.54) is 6.07 Å². The minimum absolute atomic E-state index is 0.199. The van der Waals surface area contributed by atoms with Crippen LogP contribution in [-0.4, -0.2) is 29.6 Å². The largest absolute Gasteiger partial charge is 0.508 e.